The van der Waals surface area contributed by atoms with Crippen molar-refractivity contribution in [1.82, 2.24) is 0 Å². The monoisotopic (exact) mass is 183 g/mol. The molecule has 2 rings (SSSR count). The van der Waals surface area contributed by atoms with Gasteiger partial charge in [0.15, 0.2) is 0 Å². The lowest BCUT2D eigenvalue weighted by molar-refractivity contribution is -0.268. The second kappa shape index (κ2) is 3.54. The van der Waals surface area contributed by atoms with E-state index in [0.29, 0.717) is 0 Å². The molecule has 0 heterocycles. The van der Waals surface area contributed by atoms with Gasteiger partial charge in [-0.2, -0.15) is 0 Å². The van der Waals surface area contributed by atoms with E-state index in [1.807, 2.05) is 37.3 Å². The summed E-state index contributed by atoms with van der Waals surface area (Å²) in [5.41, 5.74) is 3.30. The fourth-order valence-corrected chi connectivity index (χ4v) is 1.42. The first-order chi connectivity index (χ1) is 6.75. The molecular formula is C13H11O-. The van der Waals surface area contributed by atoms with Gasteiger partial charge in [-0.05, 0) is 18.1 Å². The van der Waals surface area contributed by atoms with Crippen LogP contribution in [0, 0.1) is 6.92 Å². The third-order valence-corrected chi connectivity index (χ3v) is 2.22. The van der Waals surface area contributed by atoms with E-state index in [1.165, 1.54) is 5.56 Å². The Morgan fingerprint density at radius 1 is 0.857 bits per heavy atom. The summed E-state index contributed by atoms with van der Waals surface area (Å²) in [4.78, 5) is 0. The number of rotatable bonds is 1. The quantitative estimate of drug-likeness (QED) is 0.666. The Hall–Kier alpha value is -1.76. The molecule has 1 heteroatoms. The highest BCUT2D eigenvalue weighted by atomic mass is 16.3. The largest absolute Gasteiger partial charge is 0.872 e. The summed E-state index contributed by atoms with van der Waals surface area (Å²) in [6.07, 6.45) is 0. The van der Waals surface area contributed by atoms with Crippen LogP contribution in [0.2, 0.25) is 0 Å². The Bertz CT molecular complexity index is 429. The molecule has 70 valence electrons. The first-order valence-corrected chi connectivity index (χ1v) is 4.60. The van der Waals surface area contributed by atoms with Crippen molar-refractivity contribution in [3.8, 4) is 16.9 Å². The zero-order valence-electron chi connectivity index (χ0n) is 8.03. The summed E-state index contributed by atoms with van der Waals surface area (Å²) in [7, 11) is 0. The SMILES string of the molecule is Cc1ccc(-c2cccc([O-])c2)cc1. The molecule has 0 aromatic heterocycles. The molecule has 0 saturated carbocycles. The average molecular weight is 183 g/mol. The van der Waals surface area contributed by atoms with E-state index in [4.69, 9.17) is 0 Å². The van der Waals surface area contributed by atoms with Crippen LogP contribution in [-0.4, -0.2) is 0 Å². The minimum Gasteiger partial charge on any atom is -0.872 e. The van der Waals surface area contributed by atoms with E-state index in [1.54, 1.807) is 18.2 Å². The third-order valence-electron chi connectivity index (χ3n) is 2.22. The maximum absolute atomic E-state index is 11.1. The van der Waals surface area contributed by atoms with Crippen LogP contribution in [-0.2, 0) is 0 Å². The molecule has 0 aliphatic rings. The van der Waals surface area contributed by atoms with Gasteiger partial charge in [-0.1, -0.05) is 54.1 Å². The van der Waals surface area contributed by atoms with E-state index in [0.717, 1.165) is 11.1 Å². The molecule has 0 amide bonds. The fraction of sp³-hybridized carbons (Fsp3) is 0.0769. The Kier molecular flexibility index (Phi) is 2.23. The van der Waals surface area contributed by atoms with Crippen molar-refractivity contribution in [2.75, 3.05) is 0 Å². The molecule has 2 aromatic carbocycles. The lowest BCUT2D eigenvalue weighted by Gasteiger charge is -2.07. The molecule has 0 saturated heterocycles. The second-order valence-electron chi connectivity index (χ2n) is 3.39. The number of hydrogen-bond donors (Lipinski definition) is 0. The normalized spacial score (nSPS) is 10.1. The molecule has 0 aliphatic carbocycles. The maximum atomic E-state index is 11.1. The van der Waals surface area contributed by atoms with Crippen LogP contribution in [0.25, 0.3) is 11.1 Å². The topological polar surface area (TPSA) is 23.1 Å². The third kappa shape index (κ3) is 1.77. The van der Waals surface area contributed by atoms with E-state index in [-0.39, 0.29) is 5.75 Å². The molecule has 1 nitrogen and oxygen atoms in total. The molecule has 0 bridgehead atoms. The van der Waals surface area contributed by atoms with Crippen molar-refractivity contribution in [3.05, 3.63) is 54.1 Å². The van der Waals surface area contributed by atoms with E-state index in [9.17, 15) is 5.11 Å². The summed E-state index contributed by atoms with van der Waals surface area (Å²) in [6.45, 7) is 2.05. The highest BCUT2D eigenvalue weighted by molar-refractivity contribution is 5.64. The molecule has 0 radical (unpaired) electrons. The summed E-state index contributed by atoms with van der Waals surface area (Å²) >= 11 is 0. The molecule has 2 aromatic rings. The van der Waals surface area contributed by atoms with E-state index in [2.05, 4.69) is 0 Å². The fourth-order valence-electron chi connectivity index (χ4n) is 1.42. The zero-order valence-corrected chi connectivity index (χ0v) is 8.03. The standard InChI is InChI=1S/C13H12O/c1-10-5-7-11(8-6-10)12-3-2-4-13(14)9-12/h2-9,14H,1H3/p-1. The molecular weight excluding hydrogens is 172 g/mol. The van der Waals surface area contributed by atoms with Crippen LogP contribution in [0.5, 0.6) is 5.75 Å². The molecule has 0 unspecified atom stereocenters. The van der Waals surface area contributed by atoms with Gasteiger partial charge in [0.05, 0.1) is 0 Å². The van der Waals surface area contributed by atoms with E-state index >= 15 is 0 Å². The zero-order chi connectivity index (χ0) is 9.97. The highest BCUT2D eigenvalue weighted by Crippen LogP contribution is 2.21. The van der Waals surface area contributed by atoms with Gasteiger partial charge in [-0.15, -0.1) is 5.75 Å². The van der Waals surface area contributed by atoms with Gasteiger partial charge in [0.1, 0.15) is 0 Å². The Morgan fingerprint density at radius 2 is 1.57 bits per heavy atom. The van der Waals surface area contributed by atoms with Crippen molar-refractivity contribution in [2.45, 2.75) is 6.92 Å². The van der Waals surface area contributed by atoms with Gasteiger partial charge in [0.2, 0.25) is 0 Å². The molecule has 0 aliphatic heterocycles. The molecule has 14 heavy (non-hydrogen) atoms. The van der Waals surface area contributed by atoms with Gasteiger partial charge < -0.3 is 5.11 Å². The predicted octanol–water partition coefficient (Wildman–Crippen LogP) is 2.74. The van der Waals surface area contributed by atoms with Gasteiger partial charge in [-0.3, -0.25) is 0 Å². The van der Waals surface area contributed by atoms with Gasteiger partial charge in [0.25, 0.3) is 0 Å². The Balaban J connectivity index is 2.44. The average Bonchev–Trinajstić information content (AvgIpc) is 2.19. The van der Waals surface area contributed by atoms with Crippen molar-refractivity contribution in [1.29, 1.82) is 0 Å². The van der Waals surface area contributed by atoms with Crippen LogP contribution in [0.15, 0.2) is 48.5 Å². The minimum absolute atomic E-state index is 0.0584. The Labute approximate surface area is 83.6 Å². The van der Waals surface area contributed by atoms with Crippen molar-refractivity contribution >= 4 is 0 Å². The summed E-state index contributed by atoms with van der Waals surface area (Å²) < 4.78 is 0. The highest BCUT2D eigenvalue weighted by Gasteiger charge is 1.94. The van der Waals surface area contributed by atoms with Crippen LogP contribution in [0.1, 0.15) is 5.56 Å². The summed E-state index contributed by atoms with van der Waals surface area (Å²) in [6, 6.07) is 15.1. The smallest absolute Gasteiger partial charge is 0.0184 e. The van der Waals surface area contributed by atoms with Gasteiger partial charge >= 0.3 is 0 Å². The number of benzene rings is 2. The van der Waals surface area contributed by atoms with Crippen LogP contribution in [0.3, 0.4) is 0 Å². The molecule has 0 fully saturated rings. The first-order valence-electron chi connectivity index (χ1n) is 4.60. The molecule has 0 spiro atoms. The second-order valence-corrected chi connectivity index (χ2v) is 3.39. The van der Waals surface area contributed by atoms with Crippen molar-refractivity contribution in [3.63, 3.8) is 0 Å². The number of aryl methyl sites for hydroxylation is 1. The lowest BCUT2D eigenvalue weighted by Crippen LogP contribution is -1.88. The lowest BCUT2D eigenvalue weighted by atomic mass is 10.0. The predicted molar refractivity (Wildman–Crippen MR) is 56.1 cm³/mol. The van der Waals surface area contributed by atoms with Crippen LogP contribution < -0.4 is 5.11 Å². The first kappa shape index (κ1) is 8.82. The molecule has 0 N–H and O–H groups in total. The Morgan fingerprint density at radius 3 is 2.21 bits per heavy atom. The van der Waals surface area contributed by atoms with Gasteiger partial charge in [0, 0.05) is 0 Å². The number of hydrogen-bond acceptors (Lipinski definition) is 1. The summed E-state index contributed by atoms with van der Waals surface area (Å²) in [5, 5.41) is 11.1. The summed E-state index contributed by atoms with van der Waals surface area (Å²) in [5.74, 6) is 0.0584. The van der Waals surface area contributed by atoms with Gasteiger partial charge in [-0.25, -0.2) is 0 Å². The van der Waals surface area contributed by atoms with E-state index < -0.39 is 0 Å². The van der Waals surface area contributed by atoms with Crippen LogP contribution in [0.4, 0.5) is 0 Å². The van der Waals surface area contributed by atoms with Crippen molar-refractivity contribution in [2.24, 2.45) is 0 Å². The van der Waals surface area contributed by atoms with Crippen LogP contribution >= 0.6 is 0 Å². The van der Waals surface area contributed by atoms with Crippen molar-refractivity contribution < 1.29 is 5.11 Å². The molecule has 0 atom stereocenters. The maximum Gasteiger partial charge on any atom is -0.0184 e. The minimum atomic E-state index is 0.0584.